The monoisotopic (exact) mass is 405 g/mol. The average Bonchev–Trinajstić information content (AvgIpc) is 2.67. The van der Waals surface area contributed by atoms with Crippen molar-refractivity contribution in [3.05, 3.63) is 76.8 Å². The summed E-state index contributed by atoms with van der Waals surface area (Å²) in [5.74, 6) is 0.885. The fourth-order valence-electron chi connectivity index (χ4n) is 3.29. The van der Waals surface area contributed by atoms with Crippen molar-refractivity contribution < 1.29 is 9.84 Å². The van der Waals surface area contributed by atoms with Gasteiger partial charge < -0.3 is 15.2 Å². The molecular weight excluding hydrogens is 381 g/mol. The molecule has 0 radical (unpaired) electrons. The number of benzene rings is 3. The highest BCUT2D eigenvalue weighted by atomic mass is 35.5. The Morgan fingerprint density at radius 2 is 1.78 bits per heavy atom. The number of halogens is 2. The molecule has 0 aromatic heterocycles. The van der Waals surface area contributed by atoms with Gasteiger partial charge in [0.2, 0.25) is 0 Å². The van der Waals surface area contributed by atoms with Crippen molar-refractivity contribution in [1.82, 2.24) is 5.32 Å². The van der Waals surface area contributed by atoms with E-state index in [1.54, 1.807) is 0 Å². The molecule has 0 bridgehead atoms. The van der Waals surface area contributed by atoms with E-state index in [9.17, 15) is 5.11 Å². The standard InChI is InChI=1S/C22H24ClNO2.ClH/c1-2-26-21-12-9-17-5-3-4-6-19(17)22(21)20(24-13-14-25)15-16-7-10-18(23)11-8-16;/h3-12,20,24-25H,2,13-15H2,1H3;1H. The van der Waals surface area contributed by atoms with E-state index in [1.807, 2.05) is 49.4 Å². The Labute approximate surface area is 171 Å². The normalized spacial score (nSPS) is 11.8. The lowest BCUT2D eigenvalue weighted by Gasteiger charge is -2.24. The van der Waals surface area contributed by atoms with Crippen LogP contribution in [0.4, 0.5) is 0 Å². The number of nitrogens with one attached hydrogen (secondary N) is 1. The molecule has 27 heavy (non-hydrogen) atoms. The van der Waals surface area contributed by atoms with Crippen molar-refractivity contribution in [1.29, 1.82) is 0 Å². The van der Waals surface area contributed by atoms with Crippen LogP contribution in [0.15, 0.2) is 60.7 Å². The molecule has 3 aromatic rings. The molecule has 0 saturated carbocycles. The number of fused-ring (bicyclic) bond motifs is 1. The second-order valence-corrected chi connectivity index (χ2v) is 6.63. The van der Waals surface area contributed by atoms with Gasteiger partial charge in [0.25, 0.3) is 0 Å². The van der Waals surface area contributed by atoms with Gasteiger partial charge in [-0.3, -0.25) is 0 Å². The van der Waals surface area contributed by atoms with E-state index in [0.29, 0.717) is 13.2 Å². The first-order valence-corrected chi connectivity index (χ1v) is 9.34. The molecule has 2 N–H and O–H groups in total. The van der Waals surface area contributed by atoms with Gasteiger partial charge in [-0.2, -0.15) is 0 Å². The van der Waals surface area contributed by atoms with Crippen LogP contribution >= 0.6 is 24.0 Å². The summed E-state index contributed by atoms with van der Waals surface area (Å²) >= 11 is 6.02. The van der Waals surface area contributed by atoms with Gasteiger partial charge in [0.1, 0.15) is 5.75 Å². The van der Waals surface area contributed by atoms with Crippen LogP contribution in [0, 0.1) is 0 Å². The quantitative estimate of drug-likeness (QED) is 0.542. The largest absolute Gasteiger partial charge is 0.494 e. The zero-order valence-electron chi connectivity index (χ0n) is 15.3. The molecule has 0 aliphatic carbocycles. The minimum absolute atomic E-state index is 0. The van der Waals surface area contributed by atoms with Crippen LogP contribution in [0.25, 0.3) is 10.8 Å². The number of rotatable bonds is 8. The number of aliphatic hydroxyl groups is 1. The molecule has 3 aromatic carbocycles. The minimum Gasteiger partial charge on any atom is -0.494 e. The summed E-state index contributed by atoms with van der Waals surface area (Å²) in [6, 6.07) is 20.4. The Morgan fingerprint density at radius 3 is 2.48 bits per heavy atom. The van der Waals surface area contributed by atoms with Crippen molar-refractivity contribution in [2.45, 2.75) is 19.4 Å². The van der Waals surface area contributed by atoms with Crippen LogP contribution in [0.1, 0.15) is 24.1 Å². The fourth-order valence-corrected chi connectivity index (χ4v) is 3.41. The van der Waals surface area contributed by atoms with Crippen molar-refractivity contribution in [2.75, 3.05) is 19.8 Å². The van der Waals surface area contributed by atoms with Crippen LogP contribution < -0.4 is 10.1 Å². The van der Waals surface area contributed by atoms with Crippen molar-refractivity contribution in [2.24, 2.45) is 0 Å². The molecule has 3 rings (SSSR count). The van der Waals surface area contributed by atoms with E-state index in [0.717, 1.165) is 22.8 Å². The van der Waals surface area contributed by atoms with Crippen LogP contribution in [0.2, 0.25) is 5.02 Å². The predicted octanol–water partition coefficient (Wildman–Crippen LogP) is 5.18. The van der Waals surface area contributed by atoms with Crippen LogP contribution in [-0.2, 0) is 6.42 Å². The van der Waals surface area contributed by atoms with Crippen LogP contribution in [-0.4, -0.2) is 24.9 Å². The lowest BCUT2D eigenvalue weighted by Crippen LogP contribution is -2.27. The van der Waals surface area contributed by atoms with Gasteiger partial charge in [-0.25, -0.2) is 0 Å². The second kappa shape index (κ2) is 10.5. The molecular formula is C22H25Cl2NO2. The van der Waals surface area contributed by atoms with Gasteiger partial charge in [-0.1, -0.05) is 54.1 Å². The highest BCUT2D eigenvalue weighted by Gasteiger charge is 2.19. The highest BCUT2D eigenvalue weighted by Crippen LogP contribution is 2.35. The Hall–Kier alpha value is -1.78. The van der Waals surface area contributed by atoms with Crippen molar-refractivity contribution in [3.8, 4) is 5.75 Å². The molecule has 0 aliphatic rings. The van der Waals surface area contributed by atoms with E-state index in [2.05, 4.69) is 23.5 Å². The van der Waals surface area contributed by atoms with Gasteiger partial charge in [0.15, 0.2) is 0 Å². The summed E-state index contributed by atoms with van der Waals surface area (Å²) in [4.78, 5) is 0. The van der Waals surface area contributed by atoms with Gasteiger partial charge >= 0.3 is 0 Å². The Bertz CT molecular complexity index is 853. The van der Waals surface area contributed by atoms with Gasteiger partial charge in [0, 0.05) is 23.2 Å². The molecule has 0 saturated heterocycles. The lowest BCUT2D eigenvalue weighted by atomic mass is 9.93. The first-order valence-electron chi connectivity index (χ1n) is 8.96. The zero-order chi connectivity index (χ0) is 18.4. The summed E-state index contributed by atoms with van der Waals surface area (Å²) in [7, 11) is 0. The van der Waals surface area contributed by atoms with Gasteiger partial charge in [-0.05, 0) is 47.9 Å². The fraction of sp³-hybridized carbons (Fsp3) is 0.273. The van der Waals surface area contributed by atoms with E-state index >= 15 is 0 Å². The maximum Gasteiger partial charge on any atom is 0.124 e. The predicted molar refractivity (Wildman–Crippen MR) is 115 cm³/mol. The number of aliphatic hydroxyl groups excluding tert-OH is 1. The number of hydrogen-bond donors (Lipinski definition) is 2. The van der Waals surface area contributed by atoms with Crippen LogP contribution in [0.3, 0.4) is 0 Å². The topological polar surface area (TPSA) is 41.5 Å². The number of hydrogen-bond acceptors (Lipinski definition) is 3. The molecule has 0 heterocycles. The maximum atomic E-state index is 9.34. The third kappa shape index (κ3) is 5.36. The van der Waals surface area contributed by atoms with Crippen LogP contribution in [0.5, 0.6) is 5.75 Å². The van der Waals surface area contributed by atoms with Gasteiger partial charge in [-0.15, -0.1) is 12.4 Å². The molecule has 5 heteroatoms. The second-order valence-electron chi connectivity index (χ2n) is 6.19. The molecule has 0 amide bonds. The molecule has 0 spiro atoms. The maximum absolute atomic E-state index is 9.34. The summed E-state index contributed by atoms with van der Waals surface area (Å²) in [6.07, 6.45) is 0.783. The van der Waals surface area contributed by atoms with E-state index < -0.39 is 0 Å². The summed E-state index contributed by atoms with van der Waals surface area (Å²) in [6.45, 7) is 3.21. The first-order chi connectivity index (χ1) is 12.7. The van der Waals surface area contributed by atoms with E-state index in [4.69, 9.17) is 16.3 Å². The SMILES string of the molecule is CCOc1ccc2ccccc2c1C(Cc1ccc(Cl)cc1)NCCO.Cl. The molecule has 1 unspecified atom stereocenters. The first kappa shape index (κ1) is 21.5. The smallest absolute Gasteiger partial charge is 0.124 e. The van der Waals surface area contributed by atoms with Crippen molar-refractivity contribution >= 4 is 34.8 Å². The van der Waals surface area contributed by atoms with Crippen molar-refractivity contribution in [3.63, 3.8) is 0 Å². The van der Waals surface area contributed by atoms with Gasteiger partial charge in [0.05, 0.1) is 13.2 Å². The average molecular weight is 406 g/mol. The number of ether oxygens (including phenoxy) is 1. The minimum atomic E-state index is 0. The molecule has 1 atom stereocenters. The summed E-state index contributed by atoms with van der Waals surface area (Å²) in [5.41, 5.74) is 2.31. The highest BCUT2D eigenvalue weighted by molar-refractivity contribution is 6.30. The zero-order valence-corrected chi connectivity index (χ0v) is 16.9. The molecule has 0 fully saturated rings. The summed E-state index contributed by atoms with van der Waals surface area (Å²) < 4.78 is 5.94. The Kier molecular flexibility index (Phi) is 8.39. The third-order valence-corrected chi connectivity index (χ3v) is 4.69. The third-order valence-electron chi connectivity index (χ3n) is 4.43. The van der Waals surface area contributed by atoms with E-state index in [-0.39, 0.29) is 25.1 Å². The van der Waals surface area contributed by atoms with E-state index in [1.165, 1.54) is 16.3 Å². The Balaban J connectivity index is 0.00000261. The lowest BCUT2D eigenvalue weighted by molar-refractivity contribution is 0.282. The summed E-state index contributed by atoms with van der Waals surface area (Å²) in [5, 5.41) is 15.9. The molecule has 3 nitrogen and oxygen atoms in total. The molecule has 144 valence electrons. The molecule has 0 aliphatic heterocycles. The Morgan fingerprint density at radius 1 is 1.04 bits per heavy atom.